The van der Waals surface area contributed by atoms with Crippen LogP contribution in [-0.2, 0) is 23.3 Å². The molecule has 20 heteroatoms. The number of aromatic amines is 1. The number of nitrogens with one attached hydrogen (secondary N) is 1. The number of anilines is 1. The SMILES string of the molecule is Nc1ncnc2c1ncn2[C@@H]1O[C@H](CO)[C@@H](OP(=O)(O)COC[C@H]2O[C@@H](n3ccc(=O)[nH]c3=O)[C@H](O)[C@@H]2O)[C@H]1O. The summed E-state index contributed by atoms with van der Waals surface area (Å²) in [5.74, 6) is 0.0840. The van der Waals surface area contributed by atoms with Crippen LogP contribution in [0.1, 0.15) is 12.5 Å². The van der Waals surface area contributed by atoms with Gasteiger partial charge in [0.05, 0.1) is 19.5 Å². The third kappa shape index (κ3) is 5.31. The molecule has 8 N–H and O–H groups in total. The molecule has 0 bridgehead atoms. The molecule has 40 heavy (non-hydrogen) atoms. The van der Waals surface area contributed by atoms with Gasteiger partial charge in [0.1, 0.15) is 54.8 Å². The zero-order valence-corrected chi connectivity index (χ0v) is 21.3. The van der Waals surface area contributed by atoms with Crippen LogP contribution in [0.4, 0.5) is 5.82 Å². The Hall–Kier alpha value is -3.10. The first-order chi connectivity index (χ1) is 19.0. The van der Waals surface area contributed by atoms with Gasteiger partial charge in [-0.1, -0.05) is 0 Å². The number of hydrogen-bond acceptors (Lipinski definition) is 15. The molecular weight excluding hydrogens is 561 g/mol. The normalized spacial score (nSPS) is 32.0. The van der Waals surface area contributed by atoms with E-state index in [0.29, 0.717) is 0 Å². The van der Waals surface area contributed by atoms with Gasteiger partial charge in [0.2, 0.25) is 0 Å². The molecule has 0 radical (unpaired) electrons. The Labute approximate surface area is 222 Å². The number of aromatic nitrogens is 6. The molecule has 5 rings (SSSR count). The summed E-state index contributed by atoms with van der Waals surface area (Å²) < 4.78 is 36.5. The average molecular weight is 587 g/mol. The van der Waals surface area contributed by atoms with E-state index in [2.05, 4.69) is 15.0 Å². The summed E-state index contributed by atoms with van der Waals surface area (Å²) in [6.45, 7) is -1.17. The van der Waals surface area contributed by atoms with Crippen molar-refractivity contribution in [2.45, 2.75) is 49.1 Å². The number of nitrogen functional groups attached to an aromatic ring is 1. The fourth-order valence-electron chi connectivity index (χ4n) is 4.51. The van der Waals surface area contributed by atoms with E-state index in [1.807, 2.05) is 4.98 Å². The Morgan fingerprint density at radius 1 is 1.05 bits per heavy atom. The summed E-state index contributed by atoms with van der Waals surface area (Å²) in [7, 11) is -4.61. The second-order valence-corrected chi connectivity index (χ2v) is 10.8. The van der Waals surface area contributed by atoms with Gasteiger partial charge in [0.15, 0.2) is 23.9 Å². The van der Waals surface area contributed by atoms with Crippen LogP contribution in [-0.4, -0.2) is 111 Å². The number of aliphatic hydroxyl groups is 4. The van der Waals surface area contributed by atoms with Crippen LogP contribution in [0, 0.1) is 0 Å². The maximum Gasteiger partial charge on any atom is 0.353 e. The Bertz CT molecular complexity index is 1530. The van der Waals surface area contributed by atoms with Gasteiger partial charge in [-0.05, 0) is 0 Å². The van der Waals surface area contributed by atoms with Crippen molar-refractivity contribution in [2.75, 3.05) is 25.3 Å². The van der Waals surface area contributed by atoms with E-state index in [9.17, 15) is 39.5 Å². The van der Waals surface area contributed by atoms with E-state index >= 15 is 0 Å². The molecule has 9 atom stereocenters. The van der Waals surface area contributed by atoms with Gasteiger partial charge in [-0.3, -0.25) is 28.0 Å². The van der Waals surface area contributed by atoms with Gasteiger partial charge >= 0.3 is 13.3 Å². The second-order valence-electron chi connectivity index (χ2n) is 9.09. The third-order valence-electron chi connectivity index (χ3n) is 6.44. The predicted molar refractivity (Wildman–Crippen MR) is 130 cm³/mol. The van der Waals surface area contributed by atoms with Crippen molar-refractivity contribution in [1.82, 2.24) is 29.1 Å². The Kier molecular flexibility index (Phi) is 7.86. The minimum absolute atomic E-state index is 0.0840. The van der Waals surface area contributed by atoms with Crippen LogP contribution in [0.15, 0.2) is 34.5 Å². The Morgan fingerprint density at radius 3 is 2.50 bits per heavy atom. The number of aliphatic hydroxyl groups excluding tert-OH is 4. The number of imidazole rings is 1. The van der Waals surface area contributed by atoms with Crippen LogP contribution in [0.5, 0.6) is 0 Å². The lowest BCUT2D eigenvalue weighted by atomic mass is 10.1. The van der Waals surface area contributed by atoms with Gasteiger partial charge in [0.25, 0.3) is 5.56 Å². The molecule has 1 unspecified atom stereocenters. The molecule has 2 fully saturated rings. The summed E-state index contributed by atoms with van der Waals surface area (Å²) in [5.41, 5.74) is 4.67. The predicted octanol–water partition coefficient (Wildman–Crippen LogP) is -3.63. The zero-order valence-electron chi connectivity index (χ0n) is 20.4. The topological polar surface area (TPSA) is 280 Å². The minimum Gasteiger partial charge on any atom is -0.394 e. The fourth-order valence-corrected chi connectivity index (χ4v) is 5.55. The Balaban J connectivity index is 1.21. The van der Waals surface area contributed by atoms with Gasteiger partial charge in [-0.15, -0.1) is 0 Å². The molecule has 19 nitrogen and oxygen atoms in total. The number of H-pyrrole nitrogens is 1. The summed E-state index contributed by atoms with van der Waals surface area (Å²) in [6.07, 6.45) is -8.57. The number of nitrogens with two attached hydrogens (primary N) is 1. The summed E-state index contributed by atoms with van der Waals surface area (Å²) in [6, 6.07) is 1.02. The molecule has 0 saturated carbocycles. The molecule has 5 heterocycles. The quantitative estimate of drug-likeness (QED) is 0.119. The van der Waals surface area contributed by atoms with Crippen molar-refractivity contribution in [3.63, 3.8) is 0 Å². The van der Waals surface area contributed by atoms with Crippen LogP contribution in [0.25, 0.3) is 11.2 Å². The third-order valence-corrected chi connectivity index (χ3v) is 7.52. The van der Waals surface area contributed by atoms with Gasteiger partial charge in [-0.25, -0.2) is 19.7 Å². The van der Waals surface area contributed by atoms with E-state index in [4.69, 9.17) is 24.5 Å². The highest BCUT2D eigenvalue weighted by Gasteiger charge is 2.49. The van der Waals surface area contributed by atoms with E-state index < -0.39 is 87.5 Å². The van der Waals surface area contributed by atoms with E-state index in [0.717, 1.165) is 16.8 Å². The molecule has 0 spiro atoms. The molecule has 2 aliphatic heterocycles. The van der Waals surface area contributed by atoms with Crippen LogP contribution in [0.3, 0.4) is 0 Å². The minimum atomic E-state index is -4.61. The molecule has 218 valence electrons. The molecule has 3 aromatic rings. The lowest BCUT2D eigenvalue weighted by molar-refractivity contribution is -0.0659. The number of hydrogen-bond donors (Lipinski definition) is 7. The summed E-state index contributed by atoms with van der Waals surface area (Å²) >= 11 is 0. The van der Waals surface area contributed by atoms with Crippen molar-refractivity contribution in [2.24, 2.45) is 0 Å². The monoisotopic (exact) mass is 587 g/mol. The van der Waals surface area contributed by atoms with E-state index in [1.165, 1.54) is 17.2 Å². The first kappa shape index (κ1) is 28.4. The van der Waals surface area contributed by atoms with Crippen molar-refractivity contribution in [3.8, 4) is 0 Å². The Morgan fingerprint density at radius 2 is 1.77 bits per heavy atom. The molecule has 2 aliphatic rings. The van der Waals surface area contributed by atoms with Gasteiger partial charge in [0, 0.05) is 12.3 Å². The maximum atomic E-state index is 12.8. The lowest BCUT2D eigenvalue weighted by Gasteiger charge is -2.23. The van der Waals surface area contributed by atoms with Crippen LogP contribution in [0.2, 0.25) is 0 Å². The second kappa shape index (κ2) is 11.1. The van der Waals surface area contributed by atoms with Crippen molar-refractivity contribution >= 4 is 24.6 Å². The molecule has 2 saturated heterocycles. The molecule has 0 aliphatic carbocycles. The largest absolute Gasteiger partial charge is 0.394 e. The summed E-state index contributed by atoms with van der Waals surface area (Å²) in [4.78, 5) is 47.6. The smallest absolute Gasteiger partial charge is 0.353 e. The van der Waals surface area contributed by atoms with Crippen LogP contribution < -0.4 is 17.0 Å². The molecular formula is C20H26N7O12P. The lowest BCUT2D eigenvalue weighted by Crippen LogP contribution is -2.37. The first-order valence-electron chi connectivity index (χ1n) is 11.8. The highest BCUT2D eigenvalue weighted by Crippen LogP contribution is 2.47. The number of nitrogens with zero attached hydrogens (tertiary/aromatic N) is 5. The first-order valence-corrected chi connectivity index (χ1v) is 13.6. The van der Waals surface area contributed by atoms with Crippen molar-refractivity contribution in [1.29, 1.82) is 0 Å². The highest BCUT2D eigenvalue weighted by molar-refractivity contribution is 7.52. The van der Waals surface area contributed by atoms with E-state index in [-0.39, 0.29) is 17.0 Å². The van der Waals surface area contributed by atoms with Gasteiger partial charge in [-0.2, -0.15) is 0 Å². The fraction of sp³-hybridized carbons (Fsp3) is 0.550. The van der Waals surface area contributed by atoms with E-state index in [1.54, 1.807) is 0 Å². The molecule has 0 amide bonds. The number of ether oxygens (including phenoxy) is 3. The van der Waals surface area contributed by atoms with Crippen molar-refractivity contribution in [3.05, 3.63) is 45.8 Å². The number of fused-ring (bicyclic) bond motifs is 1. The average Bonchev–Trinajstić information content (AvgIpc) is 3.55. The highest BCUT2D eigenvalue weighted by atomic mass is 31.2. The molecule has 0 aromatic carbocycles. The summed E-state index contributed by atoms with van der Waals surface area (Å²) in [5, 5.41) is 41.2. The maximum absolute atomic E-state index is 12.8. The number of rotatable bonds is 9. The standard InChI is InChI=1S/C20H26N7O12P/c21-16-11-17(23-5-22-16)27(6-24-11)19-14(32)15(8(3-28)37-19)39-40(34,35)7-36-4-9-12(30)13(31)18(38-9)26-2-1-10(29)25-20(26)33/h1-2,5-6,8-9,12-15,18-19,28,30-32H,3-4,7H2,(H,34,35)(H2,21,22,23)(H,25,29,33)/t8-,9-,12-,13-,14-,15-,18-,19-/m1/s1. The van der Waals surface area contributed by atoms with Crippen LogP contribution >= 0.6 is 7.60 Å². The molecule has 3 aromatic heterocycles. The van der Waals surface area contributed by atoms with Crippen molar-refractivity contribution < 1.29 is 48.6 Å². The zero-order chi connectivity index (χ0) is 28.8. The van der Waals surface area contributed by atoms with Gasteiger partial charge < -0.3 is 45.3 Å².